The Morgan fingerprint density at radius 3 is 2.84 bits per heavy atom. The van der Waals surface area contributed by atoms with E-state index < -0.39 is 0 Å². The third kappa shape index (κ3) is 3.25. The fourth-order valence-corrected chi connectivity index (χ4v) is 2.56. The lowest BCUT2D eigenvalue weighted by atomic mass is 10.0. The Bertz CT molecular complexity index is 431. The number of nitrogens with zero attached hydrogens (tertiary/aromatic N) is 2. The zero-order valence-electron chi connectivity index (χ0n) is 12.3. The Hall–Kier alpha value is -1.13. The number of morpholine rings is 1. The van der Waals surface area contributed by atoms with Gasteiger partial charge in [-0.1, -0.05) is 13.3 Å². The summed E-state index contributed by atoms with van der Waals surface area (Å²) in [6.45, 7) is 9.53. The van der Waals surface area contributed by atoms with E-state index in [1.807, 2.05) is 0 Å². The summed E-state index contributed by atoms with van der Waals surface area (Å²) in [5, 5.41) is 0. The monoisotopic (exact) mass is 263 g/mol. The molecule has 1 aliphatic rings. The van der Waals surface area contributed by atoms with E-state index in [4.69, 9.17) is 15.5 Å². The van der Waals surface area contributed by atoms with Crippen molar-refractivity contribution in [3.05, 3.63) is 23.4 Å². The van der Waals surface area contributed by atoms with Crippen LogP contribution in [0.4, 0.5) is 5.82 Å². The van der Waals surface area contributed by atoms with Gasteiger partial charge in [-0.05, 0) is 38.0 Å². The maximum absolute atomic E-state index is 5.81. The molecule has 19 heavy (non-hydrogen) atoms. The fourth-order valence-electron chi connectivity index (χ4n) is 2.56. The highest BCUT2D eigenvalue weighted by molar-refractivity contribution is 5.46. The molecule has 2 rings (SSSR count). The standard InChI is InChI=1S/C15H25N3O/c1-4-5-13-8-12(10-16)9-14(17-13)18-6-7-19-11-15(18,2)3/h8-9H,4-7,10-11,16H2,1-3H3. The van der Waals surface area contributed by atoms with Crippen LogP contribution >= 0.6 is 0 Å². The van der Waals surface area contributed by atoms with Crippen molar-refractivity contribution in [1.29, 1.82) is 0 Å². The molecule has 0 aromatic carbocycles. The lowest BCUT2D eigenvalue weighted by molar-refractivity contribution is 0.0639. The van der Waals surface area contributed by atoms with Crippen molar-refractivity contribution in [3.63, 3.8) is 0 Å². The van der Waals surface area contributed by atoms with Crippen LogP contribution in [-0.2, 0) is 17.7 Å². The van der Waals surface area contributed by atoms with Crippen LogP contribution in [0.2, 0.25) is 0 Å². The van der Waals surface area contributed by atoms with Gasteiger partial charge < -0.3 is 15.4 Å². The molecule has 0 saturated carbocycles. The Kier molecular flexibility index (Phi) is 4.42. The Morgan fingerprint density at radius 1 is 1.42 bits per heavy atom. The normalized spacial score (nSPS) is 18.6. The van der Waals surface area contributed by atoms with Crippen molar-refractivity contribution in [2.24, 2.45) is 5.73 Å². The molecule has 1 aliphatic heterocycles. The van der Waals surface area contributed by atoms with Gasteiger partial charge >= 0.3 is 0 Å². The van der Waals surface area contributed by atoms with E-state index in [0.717, 1.165) is 49.7 Å². The molecular weight excluding hydrogens is 238 g/mol. The summed E-state index contributed by atoms with van der Waals surface area (Å²) in [6, 6.07) is 4.24. The molecule has 0 aliphatic carbocycles. The summed E-state index contributed by atoms with van der Waals surface area (Å²) in [5.74, 6) is 1.04. The van der Waals surface area contributed by atoms with Crippen LogP contribution in [0, 0.1) is 0 Å². The number of nitrogens with two attached hydrogens (primary N) is 1. The summed E-state index contributed by atoms with van der Waals surface area (Å²) in [4.78, 5) is 7.15. The van der Waals surface area contributed by atoms with E-state index in [1.54, 1.807) is 0 Å². The minimum atomic E-state index is -0.0119. The molecule has 2 heterocycles. The van der Waals surface area contributed by atoms with Crippen LogP contribution in [0.3, 0.4) is 0 Å². The lowest BCUT2D eigenvalue weighted by Crippen LogP contribution is -2.53. The van der Waals surface area contributed by atoms with Gasteiger partial charge in [0.1, 0.15) is 5.82 Å². The first-order valence-corrected chi connectivity index (χ1v) is 7.12. The van der Waals surface area contributed by atoms with E-state index in [-0.39, 0.29) is 5.54 Å². The quantitative estimate of drug-likeness (QED) is 0.904. The van der Waals surface area contributed by atoms with Crippen LogP contribution in [0.15, 0.2) is 12.1 Å². The first-order chi connectivity index (χ1) is 9.06. The number of rotatable bonds is 4. The Labute approximate surface area is 116 Å². The van der Waals surface area contributed by atoms with Gasteiger partial charge in [-0.2, -0.15) is 0 Å². The number of ether oxygens (including phenoxy) is 1. The maximum Gasteiger partial charge on any atom is 0.129 e. The number of anilines is 1. The van der Waals surface area contributed by atoms with E-state index in [1.165, 1.54) is 0 Å². The van der Waals surface area contributed by atoms with Gasteiger partial charge in [0.15, 0.2) is 0 Å². The van der Waals surface area contributed by atoms with Crippen molar-refractivity contribution < 1.29 is 4.74 Å². The van der Waals surface area contributed by atoms with Gasteiger partial charge in [0.25, 0.3) is 0 Å². The number of hydrogen-bond acceptors (Lipinski definition) is 4. The Morgan fingerprint density at radius 2 is 2.21 bits per heavy atom. The summed E-state index contributed by atoms with van der Waals surface area (Å²) in [7, 11) is 0. The third-order valence-electron chi connectivity index (χ3n) is 3.59. The second kappa shape index (κ2) is 5.88. The van der Waals surface area contributed by atoms with Crippen LogP contribution in [0.5, 0.6) is 0 Å². The van der Waals surface area contributed by atoms with Gasteiger partial charge in [0.05, 0.1) is 18.8 Å². The minimum absolute atomic E-state index is 0.0119. The smallest absolute Gasteiger partial charge is 0.129 e. The summed E-state index contributed by atoms with van der Waals surface area (Å²) < 4.78 is 5.58. The van der Waals surface area contributed by atoms with Crippen LogP contribution in [0.25, 0.3) is 0 Å². The molecule has 0 atom stereocenters. The number of pyridine rings is 1. The summed E-state index contributed by atoms with van der Waals surface area (Å²) >= 11 is 0. The highest BCUT2D eigenvalue weighted by Crippen LogP contribution is 2.26. The van der Waals surface area contributed by atoms with Crippen molar-refractivity contribution in [2.75, 3.05) is 24.7 Å². The third-order valence-corrected chi connectivity index (χ3v) is 3.59. The molecule has 1 aromatic heterocycles. The molecule has 4 heteroatoms. The lowest BCUT2D eigenvalue weighted by Gasteiger charge is -2.43. The first-order valence-electron chi connectivity index (χ1n) is 7.12. The van der Waals surface area contributed by atoms with E-state index >= 15 is 0 Å². The van der Waals surface area contributed by atoms with Crippen LogP contribution < -0.4 is 10.6 Å². The molecule has 1 fully saturated rings. The van der Waals surface area contributed by atoms with Crippen molar-refractivity contribution >= 4 is 5.82 Å². The molecule has 2 N–H and O–H groups in total. The summed E-state index contributed by atoms with van der Waals surface area (Å²) in [6.07, 6.45) is 2.11. The number of aryl methyl sites for hydroxylation is 1. The zero-order valence-corrected chi connectivity index (χ0v) is 12.3. The maximum atomic E-state index is 5.81. The highest BCUT2D eigenvalue weighted by atomic mass is 16.5. The number of aromatic nitrogens is 1. The van der Waals surface area contributed by atoms with Gasteiger partial charge in [-0.3, -0.25) is 0 Å². The molecule has 0 spiro atoms. The average molecular weight is 263 g/mol. The summed E-state index contributed by atoms with van der Waals surface area (Å²) in [5.41, 5.74) is 8.10. The second-order valence-electron chi connectivity index (χ2n) is 5.80. The SMILES string of the molecule is CCCc1cc(CN)cc(N2CCOCC2(C)C)n1. The molecule has 4 nitrogen and oxygen atoms in total. The van der Waals surface area contributed by atoms with Gasteiger partial charge in [-0.25, -0.2) is 4.98 Å². The van der Waals surface area contributed by atoms with Crippen molar-refractivity contribution in [2.45, 2.75) is 45.7 Å². The molecule has 0 unspecified atom stereocenters. The molecule has 1 saturated heterocycles. The largest absolute Gasteiger partial charge is 0.377 e. The van der Waals surface area contributed by atoms with E-state index in [9.17, 15) is 0 Å². The zero-order chi connectivity index (χ0) is 13.9. The Balaban J connectivity index is 2.34. The second-order valence-corrected chi connectivity index (χ2v) is 5.80. The molecular formula is C15H25N3O. The fraction of sp³-hybridized carbons (Fsp3) is 0.667. The molecule has 0 amide bonds. The van der Waals surface area contributed by atoms with E-state index in [0.29, 0.717) is 6.54 Å². The van der Waals surface area contributed by atoms with Gasteiger partial charge in [0.2, 0.25) is 0 Å². The first kappa shape index (κ1) is 14.3. The predicted molar refractivity (Wildman–Crippen MR) is 78.4 cm³/mol. The van der Waals surface area contributed by atoms with Crippen LogP contribution in [-0.4, -0.2) is 30.3 Å². The number of hydrogen-bond donors (Lipinski definition) is 1. The van der Waals surface area contributed by atoms with Crippen molar-refractivity contribution in [1.82, 2.24) is 4.98 Å². The minimum Gasteiger partial charge on any atom is -0.377 e. The average Bonchev–Trinajstić information content (AvgIpc) is 2.38. The van der Waals surface area contributed by atoms with Gasteiger partial charge in [-0.15, -0.1) is 0 Å². The van der Waals surface area contributed by atoms with Gasteiger partial charge in [0, 0.05) is 18.8 Å². The highest BCUT2D eigenvalue weighted by Gasteiger charge is 2.31. The molecule has 106 valence electrons. The topological polar surface area (TPSA) is 51.4 Å². The van der Waals surface area contributed by atoms with Crippen LogP contribution in [0.1, 0.15) is 38.4 Å². The molecule has 1 aromatic rings. The predicted octanol–water partition coefficient (Wildman–Crippen LogP) is 2.11. The molecule has 0 bridgehead atoms. The van der Waals surface area contributed by atoms with Crippen molar-refractivity contribution in [3.8, 4) is 0 Å². The van der Waals surface area contributed by atoms with E-state index in [2.05, 4.69) is 37.8 Å². The molecule has 0 radical (unpaired) electrons.